The van der Waals surface area contributed by atoms with Crippen LogP contribution in [0.1, 0.15) is 29.6 Å². The molecule has 4 unspecified atom stereocenters. The number of rotatable bonds is 8. The summed E-state index contributed by atoms with van der Waals surface area (Å²) in [4.78, 5) is 72.0. The van der Waals surface area contributed by atoms with Crippen LogP contribution in [0.5, 0.6) is 23.0 Å². The Morgan fingerprint density at radius 3 is 2.26 bits per heavy atom. The number of carbonyl (C=O) groups is 2. The minimum Gasteiger partial charge on any atom is -0.504 e. The minimum atomic E-state index is -2.21. The van der Waals surface area contributed by atoms with Gasteiger partial charge >= 0.3 is 11.4 Å². The number of aromatic hydroxyl groups is 1. The second-order valence-electron chi connectivity index (χ2n) is 13.9. The van der Waals surface area contributed by atoms with Crippen LogP contribution in [0, 0.1) is 9.39 Å². The number of phenols is 1. The number of methoxy groups -OCH3 is 3. The Morgan fingerprint density at radius 1 is 0.930 bits per heavy atom. The van der Waals surface area contributed by atoms with Crippen molar-refractivity contribution in [2.24, 2.45) is 7.05 Å². The molecule has 2 fully saturated rings. The van der Waals surface area contributed by atoms with Crippen molar-refractivity contribution in [3.8, 4) is 23.0 Å². The zero-order valence-electron chi connectivity index (χ0n) is 30.6. The fourth-order valence-corrected chi connectivity index (χ4v) is 9.82. The van der Waals surface area contributed by atoms with Crippen molar-refractivity contribution in [2.45, 2.75) is 47.6 Å². The summed E-state index contributed by atoms with van der Waals surface area (Å²) in [7, 11) is 5.86. The molecule has 2 aliphatic heterocycles. The average Bonchev–Trinajstić information content (AvgIpc) is 3.53. The number of nitrogens with zero attached hydrogens (tertiary/aromatic N) is 6. The fraction of sp³-hybridized carbons (Fsp3) is 0.316. The van der Waals surface area contributed by atoms with Gasteiger partial charge in [-0.1, -0.05) is 6.08 Å². The number of allylic oxidation sites excluding steroid dienone is 2. The molecule has 1 N–H and O–H groups in total. The van der Waals surface area contributed by atoms with Crippen LogP contribution in [0.15, 0.2) is 74.6 Å². The summed E-state index contributed by atoms with van der Waals surface area (Å²) in [5.41, 5.74) is -0.113. The van der Waals surface area contributed by atoms with Crippen LogP contribution in [-0.2, 0) is 36.1 Å². The molecule has 1 saturated heterocycles. The quantitative estimate of drug-likeness (QED) is 0.104. The molecule has 4 atom stereocenters. The number of carbonyl (C=O) groups excluding carboxylic acids is 2. The third kappa shape index (κ3) is 5.48. The molecule has 15 nitrogen and oxygen atoms in total. The van der Waals surface area contributed by atoms with E-state index in [9.17, 15) is 33.5 Å². The van der Waals surface area contributed by atoms with Gasteiger partial charge in [0, 0.05) is 44.5 Å². The van der Waals surface area contributed by atoms with E-state index < -0.39 is 62.7 Å². The van der Waals surface area contributed by atoms with Crippen molar-refractivity contribution in [1.29, 1.82) is 0 Å². The van der Waals surface area contributed by atoms with Crippen LogP contribution in [-0.4, -0.2) is 71.5 Å². The highest BCUT2D eigenvalue weighted by Crippen LogP contribution is 2.64. The van der Waals surface area contributed by atoms with Crippen molar-refractivity contribution in [2.75, 3.05) is 26.2 Å². The summed E-state index contributed by atoms with van der Waals surface area (Å²) in [5, 5.41) is 10.7. The Balaban J connectivity index is 1.24. The normalized spacial score (nSPS) is 22.6. The van der Waals surface area contributed by atoms with Crippen LogP contribution in [0.25, 0.3) is 11.0 Å². The summed E-state index contributed by atoms with van der Waals surface area (Å²) in [6.07, 6.45) is 1.18. The molecular weight excluding hydrogens is 901 g/mol. The number of imide groups is 1. The SMILES string of the molecule is COc1cc2nc(CCn3c(=O)n4n(c3=O)C3CC5(Cl)C(=O)N(c6ccc(F)cc6)C(=O)C5(Cl)C(c5cc(I)c(O)c(OC)c5)C3=CC4)c(=O)n(C)c2cc1OC. The molecule has 1 saturated carbocycles. The first-order valence-corrected chi connectivity index (χ1v) is 19.3. The van der Waals surface area contributed by atoms with Gasteiger partial charge < -0.3 is 23.9 Å². The molecule has 57 heavy (non-hydrogen) atoms. The van der Waals surface area contributed by atoms with Crippen LogP contribution < -0.4 is 36.0 Å². The Kier molecular flexibility index (Phi) is 9.35. The molecular formula is C38H32Cl2FIN6O9. The van der Waals surface area contributed by atoms with E-state index in [1.807, 2.05) is 22.6 Å². The topological polar surface area (TPSA) is 169 Å². The standard InChI is InChI=1S/C38H32Cl2FIN6O9/c1-44-25-16-28(56-3)27(55-2)15-24(25)43-23(32(44)50)10-11-45-35(53)46-12-9-21-26(48(46)36(45)54)17-37(39)33(51)47(20-7-5-19(41)6-8-20)34(52)38(37,40)30(21)18-13-22(42)31(49)29(14-18)57-4/h5-9,13-16,26,30,49H,10-12,17H2,1-4H3. The van der Waals surface area contributed by atoms with Crippen LogP contribution in [0.4, 0.5) is 10.1 Å². The Hall–Kier alpha value is -5.14. The first-order valence-electron chi connectivity index (χ1n) is 17.4. The number of phenolic OH excluding ortho intramolecular Hbond substituents is 1. The third-order valence-electron chi connectivity index (χ3n) is 11.1. The molecule has 1 aliphatic carbocycles. The second kappa shape index (κ2) is 13.8. The maximum atomic E-state index is 14.6. The molecule has 19 heteroatoms. The van der Waals surface area contributed by atoms with Crippen molar-refractivity contribution >= 4 is 74.3 Å². The first kappa shape index (κ1) is 38.7. The maximum absolute atomic E-state index is 14.6. The summed E-state index contributed by atoms with van der Waals surface area (Å²) in [6, 6.07) is 9.91. The lowest BCUT2D eigenvalue weighted by Gasteiger charge is -2.49. The van der Waals surface area contributed by atoms with E-state index in [1.165, 1.54) is 53.5 Å². The summed E-state index contributed by atoms with van der Waals surface area (Å²) < 4.78 is 35.3. The van der Waals surface area contributed by atoms with Gasteiger partial charge in [0.15, 0.2) is 32.7 Å². The summed E-state index contributed by atoms with van der Waals surface area (Å²) >= 11 is 16.8. The highest BCUT2D eigenvalue weighted by Gasteiger charge is 2.75. The smallest absolute Gasteiger partial charge is 0.347 e. The van der Waals surface area contributed by atoms with Gasteiger partial charge in [0.25, 0.3) is 17.4 Å². The highest BCUT2D eigenvalue weighted by atomic mass is 127. The summed E-state index contributed by atoms with van der Waals surface area (Å²) in [5.74, 6) is -2.92. The summed E-state index contributed by atoms with van der Waals surface area (Å²) in [6.45, 7) is -0.356. The highest BCUT2D eigenvalue weighted by molar-refractivity contribution is 14.1. The number of fused-ring (bicyclic) bond motifs is 5. The molecule has 5 aromatic rings. The number of alkyl halides is 2. The van der Waals surface area contributed by atoms with Gasteiger partial charge in [0.1, 0.15) is 11.5 Å². The number of halogens is 4. The number of benzene rings is 3. The molecule has 3 aromatic carbocycles. The van der Waals surface area contributed by atoms with E-state index in [2.05, 4.69) is 4.98 Å². The minimum absolute atomic E-state index is 0.0284. The van der Waals surface area contributed by atoms with Gasteiger partial charge in [-0.25, -0.2) is 37.8 Å². The first-order chi connectivity index (χ1) is 27.1. The van der Waals surface area contributed by atoms with E-state index in [1.54, 1.807) is 31.3 Å². The van der Waals surface area contributed by atoms with Gasteiger partial charge in [-0.05, 0) is 70.1 Å². The van der Waals surface area contributed by atoms with E-state index in [4.69, 9.17) is 37.4 Å². The molecule has 2 amide bonds. The van der Waals surface area contributed by atoms with Crippen molar-refractivity contribution in [3.63, 3.8) is 0 Å². The molecule has 0 radical (unpaired) electrons. The molecule has 4 heterocycles. The zero-order valence-corrected chi connectivity index (χ0v) is 34.3. The van der Waals surface area contributed by atoms with Crippen LogP contribution >= 0.6 is 45.8 Å². The number of amides is 2. The molecule has 3 aliphatic rings. The number of aryl methyl sites for hydroxylation is 2. The van der Waals surface area contributed by atoms with E-state index in [-0.39, 0.29) is 42.4 Å². The number of ether oxygens (including phenoxy) is 3. The Morgan fingerprint density at radius 2 is 1.60 bits per heavy atom. The lowest BCUT2D eigenvalue weighted by atomic mass is 9.64. The number of hydrogen-bond donors (Lipinski definition) is 1. The fourth-order valence-electron chi connectivity index (χ4n) is 8.28. The van der Waals surface area contributed by atoms with Gasteiger partial charge in [-0.15, -0.1) is 23.2 Å². The third-order valence-corrected chi connectivity index (χ3v) is 13.3. The molecule has 0 spiro atoms. The van der Waals surface area contributed by atoms with Crippen molar-refractivity contribution < 1.29 is 33.3 Å². The van der Waals surface area contributed by atoms with Crippen molar-refractivity contribution in [1.82, 2.24) is 23.5 Å². The van der Waals surface area contributed by atoms with Crippen LogP contribution in [0.3, 0.4) is 0 Å². The predicted molar refractivity (Wildman–Crippen MR) is 215 cm³/mol. The predicted octanol–water partition coefficient (Wildman–Crippen LogP) is 3.97. The molecule has 0 bridgehead atoms. The van der Waals surface area contributed by atoms with Gasteiger partial charge in [-0.2, -0.15) is 0 Å². The van der Waals surface area contributed by atoms with Gasteiger partial charge in [0.05, 0.1) is 54.2 Å². The Labute approximate surface area is 345 Å². The van der Waals surface area contributed by atoms with Crippen LogP contribution in [0.2, 0.25) is 0 Å². The van der Waals surface area contributed by atoms with Gasteiger partial charge in [0.2, 0.25) is 0 Å². The number of aromatic nitrogens is 5. The molecule has 2 aromatic heterocycles. The number of anilines is 1. The van der Waals surface area contributed by atoms with E-state index >= 15 is 0 Å². The van der Waals surface area contributed by atoms with E-state index in [0.29, 0.717) is 37.2 Å². The maximum Gasteiger partial charge on any atom is 0.347 e. The average molecular weight is 934 g/mol. The monoisotopic (exact) mass is 932 g/mol. The van der Waals surface area contributed by atoms with Gasteiger partial charge in [-0.3, -0.25) is 14.4 Å². The van der Waals surface area contributed by atoms with Crippen molar-refractivity contribution in [3.05, 3.63) is 112 Å². The lowest BCUT2D eigenvalue weighted by molar-refractivity contribution is -0.122. The second-order valence-corrected chi connectivity index (χ2v) is 16.3. The lowest BCUT2D eigenvalue weighted by Crippen LogP contribution is -2.59. The number of hydrogen-bond acceptors (Lipinski definition) is 10. The largest absolute Gasteiger partial charge is 0.504 e. The zero-order chi connectivity index (χ0) is 40.9. The van der Waals surface area contributed by atoms with E-state index in [0.717, 1.165) is 21.6 Å². The molecule has 296 valence electrons. The molecule has 8 rings (SSSR count). The Bertz CT molecular complexity index is 2780.